The summed E-state index contributed by atoms with van der Waals surface area (Å²) in [7, 11) is -9.49. The average molecular weight is 402 g/mol. The molecule has 0 spiro atoms. The molecule has 15 heteroatoms. The quantitative estimate of drug-likeness (QED) is 0.274. The number of aromatic amines is 1. The highest BCUT2D eigenvalue weighted by molar-refractivity contribution is 7.70. The maximum absolute atomic E-state index is 11.7. The molecule has 1 aliphatic heterocycles. The van der Waals surface area contributed by atoms with Gasteiger partial charge in [0.05, 0.1) is 6.61 Å². The molecule has 0 amide bonds. The van der Waals surface area contributed by atoms with Gasteiger partial charge >= 0.3 is 20.9 Å². The number of ether oxygens (including phenoxy) is 1. The van der Waals surface area contributed by atoms with Crippen LogP contribution in [-0.4, -0.2) is 65.3 Å². The molecule has 1 aromatic heterocycles. The first-order chi connectivity index (χ1) is 11.4. The third-order valence-corrected chi connectivity index (χ3v) is 6.72. The van der Waals surface area contributed by atoms with Crippen LogP contribution in [0.2, 0.25) is 0 Å². The number of aromatic nitrogens is 2. The monoisotopic (exact) mass is 402 g/mol. The fourth-order valence-electron chi connectivity index (χ4n) is 2.19. The van der Waals surface area contributed by atoms with Crippen molar-refractivity contribution >= 4 is 15.2 Å². The summed E-state index contributed by atoms with van der Waals surface area (Å²) >= 11 is 0. The minimum absolute atomic E-state index is 0.687. The predicted molar refractivity (Wildman–Crippen MR) is 79.9 cm³/mol. The maximum Gasteiger partial charge on any atom is 0.340 e. The summed E-state index contributed by atoms with van der Waals surface area (Å²) in [6.45, 7) is -0.777. The molecule has 6 N–H and O–H groups in total. The number of H-pyrrole nitrogens is 1. The van der Waals surface area contributed by atoms with E-state index >= 15 is 0 Å². The van der Waals surface area contributed by atoms with Gasteiger partial charge < -0.3 is 34.2 Å². The Labute approximate surface area is 139 Å². The van der Waals surface area contributed by atoms with Gasteiger partial charge in [0.1, 0.15) is 18.3 Å². The van der Waals surface area contributed by atoms with Gasteiger partial charge in [0.15, 0.2) is 12.1 Å². The van der Waals surface area contributed by atoms with Gasteiger partial charge in [-0.1, -0.05) is 0 Å². The largest absolute Gasteiger partial charge is 0.387 e. The second kappa shape index (κ2) is 7.23. The Morgan fingerprint density at radius 3 is 2.40 bits per heavy atom. The van der Waals surface area contributed by atoms with Crippen molar-refractivity contribution in [2.75, 3.05) is 12.5 Å². The van der Waals surface area contributed by atoms with Crippen molar-refractivity contribution in [3.05, 3.63) is 33.1 Å². The lowest BCUT2D eigenvalue weighted by Crippen LogP contribution is -2.37. The van der Waals surface area contributed by atoms with Gasteiger partial charge in [0, 0.05) is 12.3 Å². The van der Waals surface area contributed by atoms with Crippen LogP contribution < -0.4 is 11.2 Å². The van der Waals surface area contributed by atoms with Crippen LogP contribution >= 0.6 is 15.2 Å². The maximum atomic E-state index is 11.7. The van der Waals surface area contributed by atoms with Crippen molar-refractivity contribution in [1.82, 2.24) is 9.55 Å². The van der Waals surface area contributed by atoms with Gasteiger partial charge in [-0.2, -0.15) is 0 Å². The van der Waals surface area contributed by atoms with Gasteiger partial charge in [-0.15, -0.1) is 0 Å². The topological polar surface area (TPSA) is 209 Å². The third-order valence-electron chi connectivity index (χ3n) is 3.27. The molecule has 1 unspecified atom stereocenters. The van der Waals surface area contributed by atoms with E-state index in [2.05, 4.69) is 4.52 Å². The van der Waals surface area contributed by atoms with Crippen molar-refractivity contribution in [3.8, 4) is 0 Å². The van der Waals surface area contributed by atoms with E-state index in [9.17, 15) is 33.8 Å². The van der Waals surface area contributed by atoms with Gasteiger partial charge in [-0.3, -0.25) is 23.5 Å². The zero-order chi connectivity index (χ0) is 19.0. The summed E-state index contributed by atoms with van der Waals surface area (Å²) in [5.74, 6) is -1.42. The van der Waals surface area contributed by atoms with E-state index in [1.165, 1.54) is 0 Å². The van der Waals surface area contributed by atoms with Crippen LogP contribution in [0.5, 0.6) is 0 Å². The Kier molecular flexibility index (Phi) is 5.84. The predicted octanol–water partition coefficient (Wildman–Crippen LogP) is -2.51. The van der Waals surface area contributed by atoms with Crippen molar-refractivity contribution in [1.29, 1.82) is 0 Å². The first kappa shape index (κ1) is 20.2. The molecule has 1 saturated heterocycles. The number of rotatable bonds is 6. The molecule has 2 heterocycles. The van der Waals surface area contributed by atoms with Crippen LogP contribution in [0.15, 0.2) is 21.9 Å². The van der Waals surface area contributed by atoms with Crippen molar-refractivity contribution in [3.63, 3.8) is 0 Å². The smallest absolute Gasteiger partial charge is 0.340 e. The molecule has 2 rings (SSSR count). The summed E-state index contributed by atoms with van der Waals surface area (Å²) in [5.41, 5.74) is -1.60. The van der Waals surface area contributed by atoms with Gasteiger partial charge in [-0.25, -0.2) is 4.79 Å². The molecule has 142 valence electrons. The van der Waals surface area contributed by atoms with Crippen LogP contribution in [0.3, 0.4) is 0 Å². The number of hydrogen-bond acceptors (Lipinski definition) is 8. The summed E-state index contributed by atoms with van der Waals surface area (Å²) < 4.78 is 32.8. The van der Waals surface area contributed by atoms with Crippen LogP contribution in [0.25, 0.3) is 0 Å². The Morgan fingerprint density at radius 2 is 1.84 bits per heavy atom. The van der Waals surface area contributed by atoms with E-state index in [4.69, 9.17) is 14.5 Å². The highest BCUT2D eigenvalue weighted by atomic mass is 31.2. The summed E-state index contributed by atoms with van der Waals surface area (Å²) in [4.78, 5) is 51.4. The lowest BCUT2D eigenvalue weighted by Gasteiger charge is -2.18. The minimum Gasteiger partial charge on any atom is -0.387 e. The second-order valence-corrected chi connectivity index (χ2v) is 9.30. The highest BCUT2D eigenvalue weighted by Crippen LogP contribution is 2.55. The molecule has 13 nitrogen and oxygen atoms in total. The Bertz CT molecular complexity index is 829. The number of aliphatic hydroxyl groups is 2. The summed E-state index contributed by atoms with van der Waals surface area (Å²) in [6.07, 6.45) is -5.00. The third kappa shape index (κ3) is 5.17. The SMILES string of the molecule is O=c1ccn([C@@H]2O[C@H](COP(=O)(O)CP(=O)(O)O)[C@@H](O)[C@@H]2O)c(=O)[nH]1. The number of hydrogen-bond donors (Lipinski definition) is 6. The minimum atomic E-state index is -4.82. The fraction of sp³-hybridized carbons (Fsp3) is 0.600. The second-order valence-electron chi connectivity index (χ2n) is 5.30. The first-order valence-corrected chi connectivity index (χ1v) is 10.3. The molecule has 0 bridgehead atoms. The molecule has 0 aliphatic carbocycles. The lowest BCUT2D eigenvalue weighted by atomic mass is 10.1. The molecular weight excluding hydrogens is 386 g/mol. The van der Waals surface area contributed by atoms with E-state index in [0.717, 1.165) is 16.8 Å². The van der Waals surface area contributed by atoms with E-state index in [1.54, 1.807) is 0 Å². The number of aliphatic hydroxyl groups excluding tert-OH is 2. The number of nitrogens with zero attached hydrogens (tertiary/aromatic N) is 1. The molecule has 1 aliphatic rings. The highest BCUT2D eigenvalue weighted by Gasteiger charge is 2.45. The molecule has 1 aromatic rings. The van der Waals surface area contributed by atoms with Gasteiger partial charge in [-0.05, 0) is 0 Å². The van der Waals surface area contributed by atoms with Crippen LogP contribution in [0.1, 0.15) is 6.23 Å². The zero-order valence-electron chi connectivity index (χ0n) is 12.4. The van der Waals surface area contributed by atoms with E-state index in [0.29, 0.717) is 0 Å². The zero-order valence-corrected chi connectivity index (χ0v) is 14.2. The molecule has 5 atom stereocenters. The van der Waals surface area contributed by atoms with Crippen molar-refractivity contribution in [2.24, 2.45) is 0 Å². The van der Waals surface area contributed by atoms with Crippen LogP contribution in [0, 0.1) is 0 Å². The summed E-state index contributed by atoms with van der Waals surface area (Å²) in [5, 5.41) is 19.8. The van der Waals surface area contributed by atoms with Crippen LogP contribution in [0.4, 0.5) is 0 Å². The van der Waals surface area contributed by atoms with Crippen molar-refractivity contribution < 1.29 is 43.3 Å². The Balaban J connectivity index is 2.09. The van der Waals surface area contributed by atoms with E-state index < -0.39 is 63.5 Å². The molecular formula is C10H16N2O11P2. The molecule has 0 radical (unpaired) electrons. The molecule has 1 fully saturated rings. The molecule has 0 aromatic carbocycles. The average Bonchev–Trinajstić information content (AvgIpc) is 2.71. The van der Waals surface area contributed by atoms with Crippen molar-refractivity contribution in [2.45, 2.75) is 24.5 Å². The normalized spacial score (nSPS) is 29.5. The van der Waals surface area contributed by atoms with Crippen LogP contribution in [-0.2, 0) is 18.4 Å². The standard InChI is InChI=1S/C10H16N2O11P2/c13-6-1-2-12(10(16)11-6)9-8(15)7(14)5(23-9)3-22-25(20,21)4-24(17,18)19/h1-2,5,7-9,14-15H,3-4H2,(H,20,21)(H,11,13,16)(H2,17,18,19)/t5-,7-,8+,9-/m1/s1. The Hall–Kier alpha value is -1.14. The first-order valence-electron chi connectivity index (χ1n) is 6.74. The number of nitrogens with one attached hydrogen (secondary N) is 1. The Morgan fingerprint density at radius 1 is 1.20 bits per heavy atom. The van der Waals surface area contributed by atoms with E-state index in [1.807, 2.05) is 4.98 Å². The lowest BCUT2D eigenvalue weighted by molar-refractivity contribution is -0.0524. The molecule has 25 heavy (non-hydrogen) atoms. The summed E-state index contributed by atoms with van der Waals surface area (Å²) in [6, 6.07) is 0.982. The van der Waals surface area contributed by atoms with E-state index in [-0.39, 0.29) is 0 Å². The van der Waals surface area contributed by atoms with Gasteiger partial charge in [0.2, 0.25) is 0 Å². The molecule has 0 saturated carbocycles. The fourth-order valence-corrected chi connectivity index (χ4v) is 4.76. The van der Waals surface area contributed by atoms with Gasteiger partial charge in [0.25, 0.3) is 5.56 Å².